The van der Waals surface area contributed by atoms with Gasteiger partial charge >= 0.3 is 0 Å². The molecule has 1 aliphatic heterocycles. The van der Waals surface area contributed by atoms with Crippen LogP contribution in [0.15, 0.2) is 58.3 Å². The van der Waals surface area contributed by atoms with Gasteiger partial charge in [-0.05, 0) is 73.5 Å². The van der Waals surface area contributed by atoms with Crippen molar-refractivity contribution < 1.29 is 17.6 Å². The summed E-state index contributed by atoms with van der Waals surface area (Å²) in [4.78, 5) is 13.6. The fourth-order valence-corrected chi connectivity index (χ4v) is 5.71. The van der Waals surface area contributed by atoms with Gasteiger partial charge in [-0.2, -0.15) is 4.31 Å². The maximum absolute atomic E-state index is 12.9. The molecule has 1 aliphatic rings. The number of thioether (sulfide) groups is 1. The number of benzene rings is 2. The van der Waals surface area contributed by atoms with E-state index in [0.717, 1.165) is 17.1 Å². The fourth-order valence-electron chi connectivity index (χ4n) is 3.26. The third-order valence-electron chi connectivity index (χ3n) is 4.98. The summed E-state index contributed by atoms with van der Waals surface area (Å²) in [5.41, 5.74) is 0. The van der Waals surface area contributed by atoms with E-state index in [1.165, 1.54) is 28.6 Å². The Hall–Kier alpha value is -1.61. The highest BCUT2D eigenvalue weighted by atomic mass is 35.5. The van der Waals surface area contributed by atoms with Gasteiger partial charge in [-0.3, -0.25) is 4.79 Å². The molecular formula is C21H24ClFN2O3S2. The number of amides is 1. The number of hydrogen-bond donors (Lipinski definition) is 1. The van der Waals surface area contributed by atoms with E-state index < -0.39 is 10.0 Å². The average molecular weight is 471 g/mol. The minimum absolute atomic E-state index is 0.0228. The molecular weight excluding hydrogens is 447 g/mol. The van der Waals surface area contributed by atoms with E-state index in [1.54, 1.807) is 36.0 Å². The molecule has 1 amide bonds. The Balaban J connectivity index is 1.38. The van der Waals surface area contributed by atoms with Gasteiger partial charge in [0.15, 0.2) is 0 Å². The summed E-state index contributed by atoms with van der Waals surface area (Å²) >= 11 is 7.45. The Morgan fingerprint density at radius 1 is 1.10 bits per heavy atom. The monoisotopic (exact) mass is 470 g/mol. The number of halogens is 2. The molecule has 1 fully saturated rings. The molecule has 0 bridgehead atoms. The Bertz CT molecular complexity index is 945. The molecule has 0 aliphatic carbocycles. The van der Waals surface area contributed by atoms with Crippen molar-refractivity contribution in [3.8, 4) is 0 Å². The molecule has 1 saturated heterocycles. The Morgan fingerprint density at radius 2 is 1.73 bits per heavy atom. The second kappa shape index (κ2) is 10.6. The van der Waals surface area contributed by atoms with E-state index >= 15 is 0 Å². The highest BCUT2D eigenvalue weighted by Crippen LogP contribution is 2.25. The maximum Gasteiger partial charge on any atom is 0.243 e. The van der Waals surface area contributed by atoms with Gasteiger partial charge in [0, 0.05) is 35.5 Å². The smallest absolute Gasteiger partial charge is 0.243 e. The van der Waals surface area contributed by atoms with Gasteiger partial charge < -0.3 is 5.32 Å². The first kappa shape index (κ1) is 23.1. The Kier molecular flexibility index (Phi) is 8.16. The number of hydrogen-bond acceptors (Lipinski definition) is 4. The zero-order valence-electron chi connectivity index (χ0n) is 16.4. The minimum Gasteiger partial charge on any atom is -0.356 e. The van der Waals surface area contributed by atoms with E-state index in [9.17, 15) is 17.6 Å². The molecule has 0 spiro atoms. The van der Waals surface area contributed by atoms with Crippen LogP contribution in [0.5, 0.6) is 0 Å². The first-order valence-corrected chi connectivity index (χ1v) is 12.6. The lowest BCUT2D eigenvalue weighted by atomic mass is 9.97. The minimum atomic E-state index is -3.56. The first-order chi connectivity index (χ1) is 14.4. The number of carbonyl (C=O) groups excluding carboxylic acids is 1. The molecule has 0 saturated carbocycles. The second-order valence-electron chi connectivity index (χ2n) is 7.08. The van der Waals surface area contributed by atoms with Crippen LogP contribution < -0.4 is 5.32 Å². The molecule has 0 unspecified atom stereocenters. The predicted molar refractivity (Wildman–Crippen MR) is 118 cm³/mol. The van der Waals surface area contributed by atoms with Crippen LogP contribution >= 0.6 is 23.4 Å². The van der Waals surface area contributed by atoms with Crippen molar-refractivity contribution in [1.82, 2.24) is 9.62 Å². The van der Waals surface area contributed by atoms with Crippen molar-refractivity contribution in [2.75, 3.05) is 25.4 Å². The Labute approximate surface area is 186 Å². The van der Waals surface area contributed by atoms with Gasteiger partial charge in [0.2, 0.25) is 15.9 Å². The Morgan fingerprint density at radius 3 is 2.37 bits per heavy atom. The summed E-state index contributed by atoms with van der Waals surface area (Å²) in [6, 6.07) is 12.5. The summed E-state index contributed by atoms with van der Waals surface area (Å²) in [7, 11) is -3.56. The van der Waals surface area contributed by atoms with Gasteiger partial charge in [0.25, 0.3) is 0 Å². The molecule has 2 aromatic rings. The largest absolute Gasteiger partial charge is 0.356 e. The molecule has 3 rings (SSSR count). The van der Waals surface area contributed by atoms with Crippen LogP contribution in [0.4, 0.5) is 4.39 Å². The van der Waals surface area contributed by atoms with Crippen molar-refractivity contribution >= 4 is 39.3 Å². The van der Waals surface area contributed by atoms with E-state index in [2.05, 4.69) is 5.32 Å². The first-order valence-electron chi connectivity index (χ1n) is 9.78. The molecule has 9 heteroatoms. The van der Waals surface area contributed by atoms with Crippen molar-refractivity contribution in [1.29, 1.82) is 0 Å². The maximum atomic E-state index is 12.9. The third-order valence-corrected chi connectivity index (χ3v) is 8.24. The normalized spacial score (nSPS) is 15.8. The SMILES string of the molecule is O=C(NCCCSc1ccc(F)cc1)C1CCN(S(=O)(=O)c2ccc(Cl)cc2)CC1. The van der Waals surface area contributed by atoms with E-state index in [4.69, 9.17) is 11.6 Å². The second-order valence-corrected chi connectivity index (χ2v) is 10.6. The van der Waals surface area contributed by atoms with Crippen molar-refractivity contribution in [2.24, 2.45) is 5.92 Å². The molecule has 2 aromatic carbocycles. The number of carbonyl (C=O) groups is 1. The van der Waals surface area contributed by atoms with Gasteiger partial charge in [0.1, 0.15) is 5.82 Å². The molecule has 1 N–H and O–H groups in total. The lowest BCUT2D eigenvalue weighted by molar-refractivity contribution is -0.126. The van der Waals surface area contributed by atoms with Crippen LogP contribution in [0.1, 0.15) is 19.3 Å². The standard InChI is InChI=1S/C21H24ClFN2O3S2/c22-17-2-8-20(9-3-17)30(27,28)25-13-10-16(11-14-25)21(26)24-12-1-15-29-19-6-4-18(23)5-7-19/h2-9,16H,1,10-15H2,(H,24,26). The van der Waals surface area contributed by atoms with Crippen molar-refractivity contribution in [3.05, 3.63) is 59.4 Å². The topological polar surface area (TPSA) is 66.5 Å². The number of rotatable bonds is 8. The number of nitrogens with zero attached hydrogens (tertiary/aromatic N) is 1. The van der Waals surface area contributed by atoms with Gasteiger partial charge in [-0.1, -0.05) is 11.6 Å². The van der Waals surface area contributed by atoms with Crippen LogP contribution in [0.25, 0.3) is 0 Å². The molecule has 0 aromatic heterocycles. The zero-order chi connectivity index (χ0) is 21.6. The van der Waals surface area contributed by atoms with E-state index in [-0.39, 0.29) is 22.5 Å². The van der Waals surface area contributed by atoms with Crippen LogP contribution in [-0.4, -0.2) is 44.0 Å². The number of nitrogens with one attached hydrogen (secondary N) is 1. The molecule has 162 valence electrons. The lowest BCUT2D eigenvalue weighted by Gasteiger charge is -2.30. The van der Waals surface area contributed by atoms with E-state index in [1.807, 2.05) is 0 Å². The van der Waals surface area contributed by atoms with Crippen molar-refractivity contribution in [2.45, 2.75) is 29.1 Å². The highest BCUT2D eigenvalue weighted by molar-refractivity contribution is 7.99. The number of sulfonamides is 1. The van der Waals surface area contributed by atoms with Crippen LogP contribution in [0.3, 0.4) is 0 Å². The summed E-state index contributed by atoms with van der Waals surface area (Å²) in [6.07, 6.45) is 1.81. The van der Waals surface area contributed by atoms with Crippen LogP contribution in [0, 0.1) is 11.7 Å². The van der Waals surface area contributed by atoms with Gasteiger partial charge in [0.05, 0.1) is 4.90 Å². The summed E-state index contributed by atoms with van der Waals surface area (Å²) < 4.78 is 39.7. The highest BCUT2D eigenvalue weighted by Gasteiger charge is 2.31. The summed E-state index contributed by atoms with van der Waals surface area (Å²) in [6.45, 7) is 1.21. The molecule has 1 heterocycles. The van der Waals surface area contributed by atoms with E-state index in [0.29, 0.717) is 37.5 Å². The predicted octanol–water partition coefficient (Wildman–Crippen LogP) is 4.18. The summed E-state index contributed by atoms with van der Waals surface area (Å²) in [5.74, 6) is 0.374. The zero-order valence-corrected chi connectivity index (χ0v) is 18.8. The van der Waals surface area contributed by atoms with Gasteiger partial charge in [-0.15, -0.1) is 11.8 Å². The van der Waals surface area contributed by atoms with Crippen molar-refractivity contribution in [3.63, 3.8) is 0 Å². The van der Waals surface area contributed by atoms with Crippen LogP contribution in [-0.2, 0) is 14.8 Å². The molecule has 0 radical (unpaired) electrons. The van der Waals surface area contributed by atoms with Crippen LogP contribution in [0.2, 0.25) is 5.02 Å². The molecule has 5 nitrogen and oxygen atoms in total. The summed E-state index contributed by atoms with van der Waals surface area (Å²) in [5, 5.41) is 3.43. The quantitative estimate of drug-likeness (QED) is 0.464. The third kappa shape index (κ3) is 6.20. The fraction of sp³-hybridized carbons (Fsp3) is 0.381. The number of piperidine rings is 1. The lowest BCUT2D eigenvalue weighted by Crippen LogP contribution is -2.43. The molecule has 30 heavy (non-hydrogen) atoms. The average Bonchev–Trinajstić information content (AvgIpc) is 2.75. The molecule has 0 atom stereocenters. The van der Waals surface area contributed by atoms with Gasteiger partial charge in [-0.25, -0.2) is 12.8 Å².